The first-order chi connectivity index (χ1) is 16.2. The van der Waals surface area contributed by atoms with Gasteiger partial charge in [0.2, 0.25) is 0 Å². The second-order valence-corrected chi connectivity index (χ2v) is 8.90. The zero-order valence-electron chi connectivity index (χ0n) is 19.2. The van der Waals surface area contributed by atoms with Crippen LogP contribution in [0.25, 0.3) is 0 Å². The molecule has 2 bridgehead atoms. The summed E-state index contributed by atoms with van der Waals surface area (Å²) in [7, 11) is 0. The van der Waals surface area contributed by atoms with E-state index >= 15 is 0 Å². The minimum atomic E-state index is -0.905. The summed E-state index contributed by atoms with van der Waals surface area (Å²) >= 11 is 0. The largest absolute Gasteiger partial charge is 0.493 e. The van der Waals surface area contributed by atoms with Gasteiger partial charge in [-0.05, 0) is 85.6 Å². The van der Waals surface area contributed by atoms with Crippen molar-refractivity contribution in [1.29, 1.82) is 0 Å². The Hall–Kier alpha value is -3.11. The van der Waals surface area contributed by atoms with Gasteiger partial charge in [-0.25, -0.2) is 4.79 Å². The summed E-state index contributed by atoms with van der Waals surface area (Å²) in [5, 5.41) is 9.43. The van der Waals surface area contributed by atoms with E-state index in [0.717, 1.165) is 63.1 Å². The SMILES string of the molecule is O=C(O)c1ccc2c(c1)Cc1cccc(c1)CN(CCCc1ccccc1)CCCCCO2. The maximum Gasteiger partial charge on any atom is 0.335 e. The van der Waals surface area contributed by atoms with Crippen molar-refractivity contribution in [2.75, 3.05) is 19.7 Å². The minimum absolute atomic E-state index is 0.305. The van der Waals surface area contributed by atoms with E-state index in [0.29, 0.717) is 18.6 Å². The highest BCUT2D eigenvalue weighted by Gasteiger charge is 2.13. The third kappa shape index (κ3) is 6.93. The average Bonchev–Trinajstić information content (AvgIpc) is 2.82. The Balaban J connectivity index is 1.49. The molecule has 0 fully saturated rings. The molecule has 0 saturated carbocycles. The Morgan fingerprint density at radius 3 is 2.61 bits per heavy atom. The minimum Gasteiger partial charge on any atom is -0.493 e. The highest BCUT2D eigenvalue weighted by molar-refractivity contribution is 5.88. The van der Waals surface area contributed by atoms with Crippen molar-refractivity contribution in [1.82, 2.24) is 4.90 Å². The smallest absolute Gasteiger partial charge is 0.335 e. The van der Waals surface area contributed by atoms with E-state index in [1.807, 2.05) is 6.07 Å². The maximum atomic E-state index is 11.5. The van der Waals surface area contributed by atoms with Gasteiger partial charge in [-0.1, -0.05) is 54.6 Å². The molecule has 1 heterocycles. The number of rotatable bonds is 5. The molecule has 0 amide bonds. The van der Waals surface area contributed by atoms with Crippen molar-refractivity contribution in [2.24, 2.45) is 0 Å². The lowest BCUT2D eigenvalue weighted by atomic mass is 9.99. The molecule has 33 heavy (non-hydrogen) atoms. The maximum absolute atomic E-state index is 11.5. The van der Waals surface area contributed by atoms with Gasteiger partial charge < -0.3 is 9.84 Å². The van der Waals surface area contributed by atoms with Crippen LogP contribution in [0.2, 0.25) is 0 Å². The quantitative estimate of drug-likeness (QED) is 0.528. The predicted octanol–water partition coefficient (Wildman–Crippen LogP) is 5.97. The number of ether oxygens (including phenoxy) is 1. The molecule has 0 spiro atoms. The first-order valence-electron chi connectivity index (χ1n) is 12.0. The molecule has 1 aliphatic heterocycles. The van der Waals surface area contributed by atoms with Crippen LogP contribution < -0.4 is 4.74 Å². The second kappa shape index (κ2) is 11.7. The van der Waals surface area contributed by atoms with Crippen LogP contribution in [0.3, 0.4) is 0 Å². The first-order valence-corrected chi connectivity index (χ1v) is 12.0. The number of carboxylic acids is 1. The molecule has 1 aliphatic rings. The Morgan fingerprint density at radius 1 is 0.909 bits per heavy atom. The van der Waals surface area contributed by atoms with Crippen molar-refractivity contribution in [3.05, 3.63) is 101 Å². The fraction of sp³-hybridized carbons (Fsp3) is 0.345. The molecular formula is C29H33NO3. The molecule has 1 N–H and O–H groups in total. The highest BCUT2D eigenvalue weighted by atomic mass is 16.5. The summed E-state index contributed by atoms with van der Waals surface area (Å²) in [5.74, 6) is -0.109. The third-order valence-corrected chi connectivity index (χ3v) is 6.26. The molecule has 172 valence electrons. The number of aryl methyl sites for hydroxylation is 1. The highest BCUT2D eigenvalue weighted by Crippen LogP contribution is 2.25. The molecule has 4 rings (SSSR count). The fourth-order valence-corrected chi connectivity index (χ4v) is 4.53. The molecule has 0 aliphatic carbocycles. The van der Waals surface area contributed by atoms with Gasteiger partial charge in [-0.2, -0.15) is 0 Å². The lowest BCUT2D eigenvalue weighted by Crippen LogP contribution is -2.26. The van der Waals surface area contributed by atoms with E-state index in [-0.39, 0.29) is 0 Å². The van der Waals surface area contributed by atoms with Gasteiger partial charge >= 0.3 is 5.97 Å². The van der Waals surface area contributed by atoms with Crippen LogP contribution in [0.5, 0.6) is 5.75 Å². The van der Waals surface area contributed by atoms with Crippen molar-refractivity contribution in [3.63, 3.8) is 0 Å². The normalized spacial score (nSPS) is 15.2. The fourth-order valence-electron chi connectivity index (χ4n) is 4.53. The summed E-state index contributed by atoms with van der Waals surface area (Å²) in [6, 6.07) is 24.6. The van der Waals surface area contributed by atoms with Crippen LogP contribution in [0.4, 0.5) is 0 Å². The van der Waals surface area contributed by atoms with Crippen LogP contribution in [-0.4, -0.2) is 35.7 Å². The number of carboxylic acid groups (broad SMARTS) is 1. The Labute approximate surface area is 196 Å². The Morgan fingerprint density at radius 2 is 1.76 bits per heavy atom. The summed E-state index contributed by atoms with van der Waals surface area (Å²) in [4.78, 5) is 14.1. The van der Waals surface area contributed by atoms with Gasteiger partial charge in [0.05, 0.1) is 12.2 Å². The van der Waals surface area contributed by atoms with Crippen LogP contribution >= 0.6 is 0 Å². The molecule has 0 atom stereocenters. The number of benzene rings is 3. The summed E-state index contributed by atoms with van der Waals surface area (Å²) in [5.41, 5.74) is 5.13. The van der Waals surface area contributed by atoms with E-state index in [2.05, 4.69) is 59.5 Å². The van der Waals surface area contributed by atoms with Crippen LogP contribution in [0.15, 0.2) is 72.8 Å². The van der Waals surface area contributed by atoms with Gasteiger partial charge in [0.25, 0.3) is 0 Å². The number of hydrogen-bond acceptors (Lipinski definition) is 3. The molecule has 4 heteroatoms. The third-order valence-electron chi connectivity index (χ3n) is 6.26. The van der Waals surface area contributed by atoms with Crippen molar-refractivity contribution in [2.45, 2.75) is 45.1 Å². The van der Waals surface area contributed by atoms with Gasteiger partial charge in [-0.15, -0.1) is 0 Å². The van der Waals surface area contributed by atoms with Gasteiger partial charge in [0.15, 0.2) is 0 Å². The first kappa shape index (κ1) is 23.1. The standard InChI is InChI=1S/C29H33NO3/c31-29(32)26-14-15-28-27(21-26)20-24-11-7-12-25(19-24)22-30(16-5-2-6-18-33-28)17-8-13-23-9-3-1-4-10-23/h1,3-4,7,9-12,14-15,19,21H,2,5-6,8,13,16-18,20,22H2,(H,31,32). The van der Waals surface area contributed by atoms with Crippen molar-refractivity contribution >= 4 is 5.97 Å². The van der Waals surface area contributed by atoms with Gasteiger partial charge in [0.1, 0.15) is 5.75 Å². The Kier molecular flexibility index (Phi) is 8.15. The van der Waals surface area contributed by atoms with E-state index in [9.17, 15) is 9.90 Å². The number of aromatic carboxylic acids is 1. The molecule has 0 aromatic heterocycles. The number of nitrogens with zero attached hydrogens (tertiary/aromatic N) is 1. The summed E-state index contributed by atoms with van der Waals surface area (Å²) in [6.07, 6.45) is 6.20. The lowest BCUT2D eigenvalue weighted by Gasteiger charge is -2.23. The van der Waals surface area contributed by atoms with Crippen LogP contribution in [0.1, 0.15) is 58.3 Å². The number of hydrogen-bond donors (Lipinski definition) is 1. The van der Waals surface area contributed by atoms with E-state index in [1.54, 1.807) is 12.1 Å². The van der Waals surface area contributed by atoms with E-state index in [1.165, 1.54) is 16.7 Å². The molecule has 3 aromatic carbocycles. The van der Waals surface area contributed by atoms with E-state index < -0.39 is 5.97 Å². The summed E-state index contributed by atoms with van der Waals surface area (Å²) < 4.78 is 6.07. The molecule has 3 aromatic rings. The average molecular weight is 444 g/mol. The molecule has 4 nitrogen and oxygen atoms in total. The Bertz CT molecular complexity index is 1050. The topological polar surface area (TPSA) is 49.8 Å². The molecule has 0 radical (unpaired) electrons. The molecule has 0 unspecified atom stereocenters. The number of fused-ring (bicyclic) bond motifs is 3. The number of carbonyl (C=O) groups is 1. The van der Waals surface area contributed by atoms with Gasteiger partial charge in [-0.3, -0.25) is 4.90 Å². The van der Waals surface area contributed by atoms with Crippen LogP contribution in [0, 0.1) is 0 Å². The van der Waals surface area contributed by atoms with E-state index in [4.69, 9.17) is 4.74 Å². The lowest BCUT2D eigenvalue weighted by molar-refractivity contribution is 0.0696. The summed E-state index contributed by atoms with van der Waals surface area (Å²) in [6.45, 7) is 3.78. The second-order valence-electron chi connectivity index (χ2n) is 8.90. The monoisotopic (exact) mass is 443 g/mol. The zero-order chi connectivity index (χ0) is 22.9. The zero-order valence-corrected chi connectivity index (χ0v) is 19.2. The van der Waals surface area contributed by atoms with Crippen LogP contribution in [-0.2, 0) is 19.4 Å². The molecular weight excluding hydrogens is 410 g/mol. The molecule has 0 saturated heterocycles. The van der Waals surface area contributed by atoms with Gasteiger partial charge in [0, 0.05) is 13.0 Å². The predicted molar refractivity (Wildman–Crippen MR) is 132 cm³/mol. The van der Waals surface area contributed by atoms with Crippen molar-refractivity contribution in [3.8, 4) is 5.75 Å². The van der Waals surface area contributed by atoms with Crippen molar-refractivity contribution < 1.29 is 14.6 Å².